The van der Waals surface area contributed by atoms with E-state index in [1.54, 1.807) is 50.2 Å². The molecule has 240 valence electrons. The largest absolute Gasteiger partial charge is 0.455 e. The molecule has 1 N–H and O–H groups in total. The van der Waals surface area contributed by atoms with Gasteiger partial charge >= 0.3 is 0 Å². The van der Waals surface area contributed by atoms with Crippen LogP contribution < -0.4 is 15.2 Å². The molecule has 2 aromatic heterocycles. The monoisotopic (exact) mass is 656 g/mol. The van der Waals surface area contributed by atoms with Crippen molar-refractivity contribution >= 4 is 43.5 Å². The fourth-order valence-corrected chi connectivity index (χ4v) is 6.10. The molecule has 0 aliphatic carbocycles. The molecule has 0 atom stereocenters. The Morgan fingerprint density at radius 1 is 0.957 bits per heavy atom. The van der Waals surface area contributed by atoms with Crippen molar-refractivity contribution in [2.45, 2.75) is 20.4 Å². The maximum atomic E-state index is 14.7. The highest BCUT2D eigenvalue weighted by atomic mass is 32.2. The highest BCUT2D eigenvalue weighted by Gasteiger charge is 2.26. The van der Waals surface area contributed by atoms with E-state index in [-0.39, 0.29) is 34.5 Å². The molecule has 0 saturated carbocycles. The molecule has 0 aliphatic rings. The lowest BCUT2D eigenvalue weighted by Gasteiger charge is -2.21. The van der Waals surface area contributed by atoms with Crippen molar-refractivity contribution in [3.63, 3.8) is 0 Å². The number of carbonyl (C=O) groups is 1. The molecule has 0 radical (unpaired) electrons. The van der Waals surface area contributed by atoms with Crippen molar-refractivity contribution in [2.24, 2.45) is 0 Å². The van der Waals surface area contributed by atoms with Crippen molar-refractivity contribution < 1.29 is 26.4 Å². The second-order valence-electron chi connectivity index (χ2n) is 11.4. The number of benzene rings is 4. The van der Waals surface area contributed by atoms with E-state index in [1.165, 1.54) is 55.1 Å². The van der Waals surface area contributed by atoms with Gasteiger partial charge in [0, 0.05) is 42.2 Å². The van der Waals surface area contributed by atoms with Crippen LogP contribution in [0.4, 0.5) is 14.5 Å². The van der Waals surface area contributed by atoms with Crippen molar-refractivity contribution in [3.05, 3.63) is 117 Å². The van der Waals surface area contributed by atoms with Crippen LogP contribution in [-0.2, 0) is 16.6 Å². The van der Waals surface area contributed by atoms with Gasteiger partial charge in [0.1, 0.15) is 28.8 Å². The number of nitrogens with zero attached hydrogens (tertiary/aromatic N) is 3. The smallest absolute Gasteiger partial charge is 0.261 e. The second kappa shape index (κ2) is 11.8. The van der Waals surface area contributed by atoms with Crippen molar-refractivity contribution in [1.29, 1.82) is 0 Å². The van der Waals surface area contributed by atoms with Gasteiger partial charge in [-0.1, -0.05) is 18.2 Å². The molecule has 12 heteroatoms. The number of sulfonamides is 1. The molecule has 6 aromatic rings. The van der Waals surface area contributed by atoms with Gasteiger partial charge < -0.3 is 9.73 Å². The van der Waals surface area contributed by atoms with Gasteiger partial charge in [0.05, 0.1) is 35.0 Å². The van der Waals surface area contributed by atoms with E-state index in [0.717, 1.165) is 16.1 Å². The summed E-state index contributed by atoms with van der Waals surface area (Å²) in [7, 11) is -0.930. The maximum absolute atomic E-state index is 14.7. The van der Waals surface area contributed by atoms with Gasteiger partial charge in [0.15, 0.2) is 0 Å². The number of nitrogens with one attached hydrogen (secondary N) is 1. The van der Waals surface area contributed by atoms with Crippen LogP contribution in [0.3, 0.4) is 0 Å². The first-order valence-corrected chi connectivity index (χ1v) is 16.4. The van der Waals surface area contributed by atoms with Crippen LogP contribution in [0.15, 0.2) is 82.0 Å². The molecule has 0 spiro atoms. The molecular weight excluding hydrogens is 626 g/mol. The molecule has 47 heavy (non-hydrogen) atoms. The lowest BCUT2D eigenvalue weighted by Crippen LogP contribution is -2.26. The molecule has 0 fully saturated rings. The molecule has 1 amide bonds. The van der Waals surface area contributed by atoms with Gasteiger partial charge in [0.25, 0.3) is 11.5 Å². The predicted molar refractivity (Wildman–Crippen MR) is 178 cm³/mol. The molecule has 0 unspecified atom stereocenters. The summed E-state index contributed by atoms with van der Waals surface area (Å²) in [5, 5.41) is 3.22. The van der Waals surface area contributed by atoms with E-state index in [9.17, 15) is 26.8 Å². The highest BCUT2D eigenvalue weighted by Crippen LogP contribution is 2.41. The number of hydrogen-bond donors (Lipinski definition) is 1. The normalized spacial score (nSPS) is 11.7. The van der Waals surface area contributed by atoms with E-state index in [1.807, 2.05) is 0 Å². The van der Waals surface area contributed by atoms with Crippen LogP contribution in [0.2, 0.25) is 0 Å². The van der Waals surface area contributed by atoms with Crippen LogP contribution in [0.5, 0.6) is 0 Å². The fourth-order valence-electron chi connectivity index (χ4n) is 5.59. The Morgan fingerprint density at radius 3 is 2.32 bits per heavy atom. The number of anilines is 1. The molecule has 4 aromatic carbocycles. The highest BCUT2D eigenvalue weighted by molar-refractivity contribution is 7.92. The average molecular weight is 657 g/mol. The second-order valence-corrected chi connectivity index (χ2v) is 13.4. The minimum absolute atomic E-state index is 0.0331. The Labute approximate surface area is 269 Å². The Balaban J connectivity index is 1.60. The predicted octanol–water partition coefficient (Wildman–Crippen LogP) is 6.18. The number of aryl methyl sites for hydroxylation is 2. The standard InChI is InChI=1S/C35H30F2N4O5S/c1-19-6-7-23(28(37)14-19)18-41-20(2)39-29-13-10-22(15-26(29)35(41)43)25-16-27-31(17-30(25)40(4)47(5,44)45)46-33(32(27)34(42)38-3)21-8-11-24(36)12-9-21/h6-17H,18H2,1-5H3,(H,38,42). The van der Waals surface area contributed by atoms with Crippen LogP contribution >= 0.6 is 0 Å². The third kappa shape index (κ3) is 5.76. The maximum Gasteiger partial charge on any atom is 0.261 e. The topological polar surface area (TPSA) is 115 Å². The summed E-state index contributed by atoms with van der Waals surface area (Å²) >= 11 is 0. The summed E-state index contributed by atoms with van der Waals surface area (Å²) in [6, 6.07) is 18.4. The third-order valence-electron chi connectivity index (χ3n) is 8.20. The number of rotatable bonds is 7. The molecule has 9 nitrogen and oxygen atoms in total. The van der Waals surface area contributed by atoms with Crippen molar-refractivity contribution in [1.82, 2.24) is 14.9 Å². The lowest BCUT2D eigenvalue weighted by atomic mass is 9.97. The van der Waals surface area contributed by atoms with Gasteiger partial charge in [-0.25, -0.2) is 22.2 Å². The molecule has 0 aliphatic heterocycles. The van der Waals surface area contributed by atoms with Crippen molar-refractivity contribution in [3.8, 4) is 22.5 Å². The number of fused-ring (bicyclic) bond motifs is 2. The van der Waals surface area contributed by atoms with Crippen LogP contribution in [-0.4, -0.2) is 44.2 Å². The quantitative estimate of drug-likeness (QED) is 0.220. The SMILES string of the molecule is CNC(=O)c1c(-c2ccc(F)cc2)oc2cc(N(C)S(C)(=O)=O)c(-c3ccc4nc(C)n(Cc5ccc(C)cc5F)c(=O)c4c3)cc12. The summed E-state index contributed by atoms with van der Waals surface area (Å²) < 4.78 is 62.7. The summed E-state index contributed by atoms with van der Waals surface area (Å²) in [4.78, 5) is 31.7. The Hall–Kier alpha value is -5.36. The first-order valence-electron chi connectivity index (χ1n) is 14.6. The zero-order valence-electron chi connectivity index (χ0n) is 26.2. The number of aromatic nitrogens is 2. The summed E-state index contributed by atoms with van der Waals surface area (Å²) in [6.45, 7) is 3.42. The first-order chi connectivity index (χ1) is 22.3. The van der Waals surface area contributed by atoms with E-state index < -0.39 is 33.1 Å². The lowest BCUT2D eigenvalue weighted by molar-refractivity contribution is 0.0964. The summed E-state index contributed by atoms with van der Waals surface area (Å²) in [6.07, 6.45) is 1.05. The molecular formula is C35H30F2N4O5S. The van der Waals surface area contributed by atoms with E-state index in [0.29, 0.717) is 39.0 Å². The van der Waals surface area contributed by atoms with Gasteiger partial charge in [0.2, 0.25) is 10.0 Å². The number of halogens is 2. The minimum Gasteiger partial charge on any atom is -0.455 e. The number of hydrogen-bond acceptors (Lipinski definition) is 6. The van der Waals surface area contributed by atoms with Crippen LogP contribution in [0, 0.1) is 25.5 Å². The van der Waals surface area contributed by atoms with Crippen LogP contribution in [0.25, 0.3) is 44.3 Å². The van der Waals surface area contributed by atoms with Gasteiger partial charge in [-0.15, -0.1) is 0 Å². The minimum atomic E-state index is -3.78. The zero-order chi connectivity index (χ0) is 33.8. The van der Waals surface area contributed by atoms with E-state index in [2.05, 4.69) is 10.3 Å². The summed E-state index contributed by atoms with van der Waals surface area (Å²) in [5.41, 5.74) is 3.01. The number of amides is 1. The Kier molecular flexibility index (Phi) is 7.92. The van der Waals surface area contributed by atoms with Gasteiger partial charge in [-0.3, -0.25) is 18.5 Å². The zero-order valence-corrected chi connectivity index (χ0v) is 27.0. The third-order valence-corrected chi connectivity index (χ3v) is 9.39. The number of carbonyl (C=O) groups excluding carboxylic acids is 1. The average Bonchev–Trinajstić information content (AvgIpc) is 3.41. The molecule has 0 bridgehead atoms. The van der Waals surface area contributed by atoms with Gasteiger partial charge in [-0.2, -0.15) is 0 Å². The van der Waals surface area contributed by atoms with E-state index in [4.69, 9.17) is 4.42 Å². The molecule has 2 heterocycles. The van der Waals surface area contributed by atoms with Crippen LogP contribution in [0.1, 0.15) is 27.3 Å². The Morgan fingerprint density at radius 2 is 1.66 bits per heavy atom. The number of furan rings is 1. The molecule has 6 rings (SSSR count). The Bertz CT molecular complexity index is 2400. The van der Waals surface area contributed by atoms with Crippen molar-refractivity contribution in [2.75, 3.05) is 24.7 Å². The summed E-state index contributed by atoms with van der Waals surface area (Å²) in [5.74, 6) is -0.790. The molecule has 0 saturated heterocycles. The van der Waals surface area contributed by atoms with E-state index >= 15 is 0 Å². The first kappa shape index (κ1) is 31.6. The fraction of sp³-hybridized carbons (Fsp3) is 0.171. The van der Waals surface area contributed by atoms with Gasteiger partial charge in [-0.05, 0) is 73.5 Å².